The largest absolute Gasteiger partial charge is 0.377 e. The van der Waals surface area contributed by atoms with Crippen LogP contribution in [-0.2, 0) is 23.7 Å². The summed E-state index contributed by atoms with van der Waals surface area (Å²) in [5.41, 5.74) is 0.996. The van der Waals surface area contributed by atoms with E-state index in [4.69, 9.17) is 18.9 Å². The lowest BCUT2D eigenvalue weighted by Gasteiger charge is -2.21. The van der Waals surface area contributed by atoms with Crippen LogP contribution in [0.5, 0.6) is 0 Å². The summed E-state index contributed by atoms with van der Waals surface area (Å²) in [4.78, 5) is 14.2. The molecule has 1 aliphatic heterocycles. The van der Waals surface area contributed by atoms with Crippen LogP contribution in [0.4, 0.5) is 0 Å². The van der Waals surface area contributed by atoms with Gasteiger partial charge in [0.2, 0.25) is 5.91 Å². The van der Waals surface area contributed by atoms with Gasteiger partial charge < -0.3 is 23.8 Å². The quantitative estimate of drug-likeness (QED) is 0.759. The molecular weight excluding hydrogens is 322 g/mol. The van der Waals surface area contributed by atoms with Gasteiger partial charge in [-0.1, -0.05) is 30.3 Å². The van der Waals surface area contributed by atoms with Crippen LogP contribution in [-0.4, -0.2) is 76.8 Å². The molecule has 0 saturated carbocycles. The predicted octanol–water partition coefficient (Wildman–Crippen LogP) is 1.61. The maximum Gasteiger partial charge on any atom is 0.246 e. The monoisotopic (exact) mass is 349 g/mol. The first-order valence-electron chi connectivity index (χ1n) is 8.69. The van der Waals surface area contributed by atoms with E-state index in [1.54, 1.807) is 11.0 Å². The summed E-state index contributed by atoms with van der Waals surface area (Å²) in [7, 11) is 0. The molecular formula is C19H27NO5. The number of amides is 1. The molecule has 0 radical (unpaired) electrons. The Morgan fingerprint density at radius 1 is 0.760 bits per heavy atom. The zero-order chi connectivity index (χ0) is 17.6. The van der Waals surface area contributed by atoms with Gasteiger partial charge >= 0.3 is 0 Å². The van der Waals surface area contributed by atoms with Crippen molar-refractivity contribution in [3.63, 3.8) is 0 Å². The van der Waals surface area contributed by atoms with Gasteiger partial charge in [-0.05, 0) is 11.6 Å². The standard InChI is InChI=1S/C19H27NO5/c21-19(7-6-18-4-2-1-3-5-18)20-8-10-22-12-14-24-16-17-25-15-13-23-11-9-20/h1-7H,8-17H2/b7-6+. The number of rotatable bonds is 2. The van der Waals surface area contributed by atoms with E-state index in [1.165, 1.54) is 0 Å². The van der Waals surface area contributed by atoms with Gasteiger partial charge in [0.05, 0.1) is 52.9 Å². The lowest BCUT2D eigenvalue weighted by molar-refractivity contribution is -0.127. The van der Waals surface area contributed by atoms with E-state index in [1.807, 2.05) is 36.4 Å². The highest BCUT2D eigenvalue weighted by Crippen LogP contribution is 2.02. The van der Waals surface area contributed by atoms with Crippen LogP contribution in [0.1, 0.15) is 5.56 Å². The van der Waals surface area contributed by atoms with Gasteiger partial charge in [-0.25, -0.2) is 0 Å². The molecule has 6 nitrogen and oxygen atoms in total. The van der Waals surface area contributed by atoms with Crippen molar-refractivity contribution in [2.45, 2.75) is 0 Å². The predicted molar refractivity (Wildman–Crippen MR) is 95.3 cm³/mol. The fourth-order valence-electron chi connectivity index (χ4n) is 2.28. The van der Waals surface area contributed by atoms with Gasteiger partial charge in [0, 0.05) is 19.2 Å². The van der Waals surface area contributed by atoms with Crippen molar-refractivity contribution >= 4 is 12.0 Å². The van der Waals surface area contributed by atoms with Crippen molar-refractivity contribution in [1.29, 1.82) is 0 Å². The minimum atomic E-state index is -0.0483. The number of hydrogen-bond acceptors (Lipinski definition) is 5. The van der Waals surface area contributed by atoms with Crippen molar-refractivity contribution in [3.05, 3.63) is 42.0 Å². The summed E-state index contributed by atoms with van der Waals surface area (Å²) in [6.45, 7) is 5.20. The lowest BCUT2D eigenvalue weighted by atomic mass is 10.2. The molecule has 0 atom stereocenters. The highest BCUT2D eigenvalue weighted by Gasteiger charge is 2.10. The first kappa shape index (κ1) is 19.6. The van der Waals surface area contributed by atoms with E-state index < -0.39 is 0 Å². The molecule has 6 heteroatoms. The fraction of sp³-hybridized carbons (Fsp3) is 0.526. The molecule has 138 valence electrons. The van der Waals surface area contributed by atoms with Gasteiger partial charge in [-0.2, -0.15) is 0 Å². The Morgan fingerprint density at radius 2 is 1.24 bits per heavy atom. The van der Waals surface area contributed by atoms with Crippen LogP contribution >= 0.6 is 0 Å². The van der Waals surface area contributed by atoms with Crippen LogP contribution in [0, 0.1) is 0 Å². The van der Waals surface area contributed by atoms with Crippen LogP contribution < -0.4 is 0 Å². The third-order valence-electron chi connectivity index (χ3n) is 3.66. The molecule has 0 aromatic heterocycles. The highest BCUT2D eigenvalue weighted by atomic mass is 16.6. The highest BCUT2D eigenvalue weighted by molar-refractivity contribution is 5.91. The second-order valence-corrected chi connectivity index (χ2v) is 5.52. The van der Waals surface area contributed by atoms with Gasteiger partial charge in [-0.3, -0.25) is 4.79 Å². The molecule has 1 aromatic carbocycles. The molecule has 1 amide bonds. The summed E-state index contributed by atoms with van der Waals surface area (Å²) in [5.74, 6) is -0.0483. The Kier molecular flexibility index (Phi) is 9.88. The zero-order valence-electron chi connectivity index (χ0n) is 14.6. The summed E-state index contributed by atoms with van der Waals surface area (Å²) in [6.07, 6.45) is 3.41. The molecule has 0 unspecified atom stereocenters. The van der Waals surface area contributed by atoms with E-state index in [-0.39, 0.29) is 5.91 Å². The van der Waals surface area contributed by atoms with Crippen LogP contribution in [0.25, 0.3) is 6.08 Å². The SMILES string of the molecule is O=C(/C=C/c1ccccc1)N1CCOCCOCCOCCOCC1. The number of benzene rings is 1. The van der Waals surface area contributed by atoms with Crippen LogP contribution in [0.15, 0.2) is 36.4 Å². The molecule has 25 heavy (non-hydrogen) atoms. The first-order chi connectivity index (χ1) is 12.4. The molecule has 0 N–H and O–H groups in total. The molecule has 1 aromatic rings. The molecule has 1 saturated heterocycles. The Labute approximate surface area is 149 Å². The van der Waals surface area contributed by atoms with E-state index in [2.05, 4.69) is 0 Å². The Morgan fingerprint density at radius 3 is 1.76 bits per heavy atom. The second kappa shape index (κ2) is 12.6. The summed E-state index contributed by atoms with van der Waals surface area (Å²) in [5, 5.41) is 0. The average molecular weight is 349 g/mol. The van der Waals surface area contributed by atoms with Gasteiger partial charge in [-0.15, -0.1) is 0 Å². The Bertz CT molecular complexity index is 490. The van der Waals surface area contributed by atoms with E-state index in [0.29, 0.717) is 65.9 Å². The summed E-state index contributed by atoms with van der Waals surface area (Å²) in [6, 6.07) is 9.76. The van der Waals surface area contributed by atoms with Crippen molar-refractivity contribution < 1.29 is 23.7 Å². The van der Waals surface area contributed by atoms with Crippen LogP contribution in [0.3, 0.4) is 0 Å². The van der Waals surface area contributed by atoms with Crippen LogP contribution in [0.2, 0.25) is 0 Å². The van der Waals surface area contributed by atoms with E-state index >= 15 is 0 Å². The molecule has 1 aliphatic rings. The minimum Gasteiger partial charge on any atom is -0.377 e. The van der Waals surface area contributed by atoms with Crippen molar-refractivity contribution in [2.75, 3.05) is 65.9 Å². The van der Waals surface area contributed by atoms with Crippen molar-refractivity contribution in [1.82, 2.24) is 4.90 Å². The molecule has 0 bridgehead atoms. The fourth-order valence-corrected chi connectivity index (χ4v) is 2.28. The maximum atomic E-state index is 12.4. The lowest BCUT2D eigenvalue weighted by Crippen LogP contribution is -2.36. The molecule has 1 fully saturated rings. The number of carbonyl (C=O) groups is 1. The molecule has 0 spiro atoms. The topological polar surface area (TPSA) is 57.2 Å². The van der Waals surface area contributed by atoms with Crippen molar-refractivity contribution in [2.24, 2.45) is 0 Å². The Hall–Kier alpha value is -1.73. The summed E-state index contributed by atoms with van der Waals surface area (Å²) < 4.78 is 21.8. The van der Waals surface area contributed by atoms with Crippen molar-refractivity contribution in [3.8, 4) is 0 Å². The number of ether oxygens (including phenoxy) is 4. The van der Waals surface area contributed by atoms with Gasteiger partial charge in [0.1, 0.15) is 0 Å². The zero-order valence-corrected chi connectivity index (χ0v) is 14.6. The second-order valence-electron chi connectivity index (χ2n) is 5.52. The third-order valence-corrected chi connectivity index (χ3v) is 3.66. The minimum absolute atomic E-state index is 0.0483. The maximum absolute atomic E-state index is 12.4. The molecule has 2 rings (SSSR count). The summed E-state index contributed by atoms with van der Waals surface area (Å²) >= 11 is 0. The smallest absolute Gasteiger partial charge is 0.246 e. The van der Waals surface area contributed by atoms with E-state index in [0.717, 1.165) is 5.56 Å². The van der Waals surface area contributed by atoms with Gasteiger partial charge in [0.25, 0.3) is 0 Å². The number of hydrogen-bond donors (Lipinski definition) is 0. The van der Waals surface area contributed by atoms with E-state index in [9.17, 15) is 4.79 Å². The third kappa shape index (κ3) is 8.79. The normalized spacial score (nSPS) is 19.3. The Balaban J connectivity index is 1.84. The number of nitrogens with zero attached hydrogens (tertiary/aromatic N) is 1. The molecule has 1 heterocycles. The van der Waals surface area contributed by atoms with Gasteiger partial charge in [0.15, 0.2) is 0 Å². The molecule has 0 aliphatic carbocycles. The number of carbonyl (C=O) groups excluding carboxylic acids is 1. The average Bonchev–Trinajstić information content (AvgIpc) is 2.66. The first-order valence-corrected chi connectivity index (χ1v) is 8.69.